The molecule has 0 aliphatic rings. The number of unbranched alkanes of at least 4 members (excludes halogenated alkanes) is 11. The molecule has 19 heavy (non-hydrogen) atoms. The van der Waals surface area contributed by atoms with Crippen molar-refractivity contribution in [1.29, 1.82) is 0 Å². The van der Waals surface area contributed by atoms with E-state index >= 15 is 0 Å². The van der Waals surface area contributed by atoms with Gasteiger partial charge < -0.3 is 0 Å². The van der Waals surface area contributed by atoms with Crippen molar-refractivity contribution >= 4 is 16.9 Å². The minimum Gasteiger partial charge on any atom is -0.288 e. The second-order valence-electron chi connectivity index (χ2n) is 5.31. The molecule has 0 aromatic rings. The Morgan fingerprint density at radius 2 is 1.26 bits per heavy atom. The summed E-state index contributed by atoms with van der Waals surface area (Å²) >= 11 is 1.47. The van der Waals surface area contributed by atoms with Gasteiger partial charge in [0.05, 0.1) is 0 Å². The summed E-state index contributed by atoms with van der Waals surface area (Å²) in [6, 6.07) is 0. The molecule has 0 spiro atoms. The quantitative estimate of drug-likeness (QED) is 0.282. The first-order chi connectivity index (χ1) is 9.27. The van der Waals surface area contributed by atoms with Crippen LogP contribution in [0.15, 0.2) is 12.7 Å². The number of rotatable bonds is 14. The van der Waals surface area contributed by atoms with Gasteiger partial charge in [-0.1, -0.05) is 75.6 Å². The first kappa shape index (κ1) is 18.8. The van der Waals surface area contributed by atoms with Crippen molar-refractivity contribution in [1.82, 2.24) is 0 Å². The van der Waals surface area contributed by atoms with E-state index in [4.69, 9.17) is 0 Å². The second-order valence-corrected chi connectivity index (χ2v) is 6.58. The molecule has 0 fully saturated rings. The van der Waals surface area contributed by atoms with Crippen LogP contribution >= 0.6 is 11.8 Å². The van der Waals surface area contributed by atoms with E-state index < -0.39 is 0 Å². The number of carbonyl (C=O) groups excluding carboxylic acids is 1. The van der Waals surface area contributed by atoms with Crippen molar-refractivity contribution in [2.75, 3.05) is 5.75 Å². The van der Waals surface area contributed by atoms with Gasteiger partial charge in [0.25, 0.3) is 0 Å². The van der Waals surface area contributed by atoms with Gasteiger partial charge in [-0.2, -0.15) is 0 Å². The third-order valence-electron chi connectivity index (χ3n) is 3.36. The highest BCUT2D eigenvalue weighted by atomic mass is 32.2. The molecule has 0 amide bonds. The van der Waals surface area contributed by atoms with Crippen molar-refractivity contribution in [2.45, 2.75) is 84.0 Å². The smallest absolute Gasteiger partial charge is 0.185 e. The summed E-state index contributed by atoms with van der Waals surface area (Å²) < 4.78 is 0. The van der Waals surface area contributed by atoms with Crippen LogP contribution < -0.4 is 0 Å². The summed E-state index contributed by atoms with van der Waals surface area (Å²) in [5, 5.41) is 0.257. The first-order valence-corrected chi connectivity index (χ1v) is 9.00. The van der Waals surface area contributed by atoms with Crippen LogP contribution in [0.2, 0.25) is 0 Å². The summed E-state index contributed by atoms with van der Waals surface area (Å²) in [6.07, 6.45) is 18.1. The number of carbonyl (C=O) groups is 1. The maximum Gasteiger partial charge on any atom is 0.185 e. The van der Waals surface area contributed by atoms with Crippen LogP contribution in [-0.2, 0) is 4.79 Å². The number of thioether (sulfide) groups is 1. The zero-order valence-corrected chi connectivity index (χ0v) is 13.6. The molecule has 0 bridgehead atoms. The monoisotopic (exact) mass is 284 g/mol. The van der Waals surface area contributed by atoms with Gasteiger partial charge in [-0.05, 0) is 19.3 Å². The summed E-state index contributed by atoms with van der Waals surface area (Å²) in [4.78, 5) is 10.7. The van der Waals surface area contributed by atoms with Gasteiger partial charge in [0.2, 0.25) is 0 Å². The Morgan fingerprint density at radius 1 is 0.842 bits per heavy atom. The third-order valence-corrected chi connectivity index (χ3v) is 4.26. The van der Waals surface area contributed by atoms with Gasteiger partial charge >= 0.3 is 0 Å². The zero-order valence-electron chi connectivity index (χ0n) is 12.8. The van der Waals surface area contributed by atoms with Crippen molar-refractivity contribution in [3.8, 4) is 0 Å². The molecule has 0 saturated heterocycles. The molecule has 0 aromatic heterocycles. The Labute approximate surface area is 124 Å². The van der Waals surface area contributed by atoms with Crippen LogP contribution in [0, 0.1) is 0 Å². The van der Waals surface area contributed by atoms with E-state index in [0.717, 1.165) is 5.75 Å². The Balaban J connectivity index is 2.95. The van der Waals surface area contributed by atoms with Gasteiger partial charge in [0.1, 0.15) is 0 Å². The fourth-order valence-corrected chi connectivity index (χ4v) is 2.83. The largest absolute Gasteiger partial charge is 0.288 e. The second kappa shape index (κ2) is 15.8. The predicted molar refractivity (Wildman–Crippen MR) is 88.7 cm³/mol. The molecule has 0 heterocycles. The molecular formula is C17H32OS. The minimum atomic E-state index is 0.257. The van der Waals surface area contributed by atoms with Gasteiger partial charge in [0.15, 0.2) is 5.12 Å². The summed E-state index contributed by atoms with van der Waals surface area (Å²) in [5.41, 5.74) is 0. The lowest BCUT2D eigenvalue weighted by atomic mass is 10.1. The Bertz CT molecular complexity index is 213. The van der Waals surface area contributed by atoms with Gasteiger partial charge in [-0.3, -0.25) is 4.79 Å². The molecule has 2 heteroatoms. The minimum absolute atomic E-state index is 0.257. The predicted octanol–water partition coefficient (Wildman–Crippen LogP) is 6.13. The van der Waals surface area contributed by atoms with Crippen LogP contribution in [0.3, 0.4) is 0 Å². The first-order valence-electron chi connectivity index (χ1n) is 8.01. The van der Waals surface area contributed by atoms with E-state index in [9.17, 15) is 4.79 Å². The van der Waals surface area contributed by atoms with E-state index in [0.29, 0.717) is 0 Å². The maximum atomic E-state index is 10.7. The average molecular weight is 285 g/mol. The van der Waals surface area contributed by atoms with E-state index in [1.54, 1.807) is 6.92 Å². The lowest BCUT2D eigenvalue weighted by Gasteiger charge is -2.02. The Hall–Kier alpha value is -0.240. The number of hydrogen-bond donors (Lipinski definition) is 0. The summed E-state index contributed by atoms with van der Waals surface area (Å²) in [6.45, 7) is 5.40. The highest BCUT2D eigenvalue weighted by Gasteiger charge is 1.95. The number of hydrogen-bond acceptors (Lipinski definition) is 2. The molecule has 0 aliphatic carbocycles. The van der Waals surface area contributed by atoms with E-state index in [1.165, 1.54) is 88.8 Å². The molecule has 0 unspecified atom stereocenters. The average Bonchev–Trinajstić information content (AvgIpc) is 2.39. The molecule has 0 N–H and O–H groups in total. The van der Waals surface area contributed by atoms with Gasteiger partial charge in [0, 0.05) is 12.7 Å². The van der Waals surface area contributed by atoms with E-state index in [2.05, 4.69) is 6.58 Å². The zero-order chi connectivity index (χ0) is 14.2. The Kier molecular flexibility index (Phi) is 15.6. The summed E-state index contributed by atoms with van der Waals surface area (Å²) in [5.74, 6) is 1.01. The molecule has 112 valence electrons. The standard InChI is InChI=1S/C17H32OS/c1-3-4-5-6-7-8-9-10-11-12-13-14-15-16-19-17(2)18/h3H,1,4-16H2,2H3. The van der Waals surface area contributed by atoms with E-state index in [-0.39, 0.29) is 5.12 Å². The van der Waals surface area contributed by atoms with Gasteiger partial charge in [-0.25, -0.2) is 0 Å². The van der Waals surface area contributed by atoms with Crippen LogP contribution in [0.5, 0.6) is 0 Å². The van der Waals surface area contributed by atoms with E-state index in [1.807, 2.05) is 6.08 Å². The molecular weight excluding hydrogens is 252 g/mol. The molecule has 0 radical (unpaired) electrons. The van der Waals surface area contributed by atoms with Crippen LogP contribution in [0.1, 0.15) is 84.0 Å². The van der Waals surface area contributed by atoms with Gasteiger partial charge in [-0.15, -0.1) is 6.58 Å². The number of allylic oxidation sites excluding steroid dienone is 1. The Morgan fingerprint density at radius 3 is 1.68 bits per heavy atom. The summed E-state index contributed by atoms with van der Waals surface area (Å²) in [7, 11) is 0. The maximum absolute atomic E-state index is 10.7. The lowest BCUT2D eigenvalue weighted by Crippen LogP contribution is -1.87. The molecule has 0 aliphatic heterocycles. The SMILES string of the molecule is C=CCCCCCCCCCCCCCSC(C)=O. The molecule has 1 nitrogen and oxygen atoms in total. The third kappa shape index (κ3) is 17.8. The van der Waals surface area contributed by atoms with Crippen molar-refractivity contribution in [3.05, 3.63) is 12.7 Å². The molecule has 0 atom stereocenters. The molecule has 0 rings (SSSR count). The van der Waals surface area contributed by atoms with Crippen LogP contribution in [0.25, 0.3) is 0 Å². The van der Waals surface area contributed by atoms with Crippen molar-refractivity contribution in [2.24, 2.45) is 0 Å². The lowest BCUT2D eigenvalue weighted by molar-refractivity contribution is -0.109. The van der Waals surface area contributed by atoms with Crippen molar-refractivity contribution < 1.29 is 4.79 Å². The highest BCUT2D eigenvalue weighted by molar-refractivity contribution is 8.13. The fraction of sp³-hybridized carbons (Fsp3) is 0.824. The normalized spacial score (nSPS) is 10.6. The molecule has 0 aromatic carbocycles. The topological polar surface area (TPSA) is 17.1 Å². The van der Waals surface area contributed by atoms with Crippen LogP contribution in [0.4, 0.5) is 0 Å². The van der Waals surface area contributed by atoms with Crippen molar-refractivity contribution in [3.63, 3.8) is 0 Å². The highest BCUT2D eigenvalue weighted by Crippen LogP contribution is 2.13. The van der Waals surface area contributed by atoms with Crippen LogP contribution in [-0.4, -0.2) is 10.9 Å². The molecule has 0 saturated carbocycles. The fourth-order valence-electron chi connectivity index (χ4n) is 2.20.